The molecule has 1 aliphatic heterocycles. The van der Waals surface area contributed by atoms with Crippen LogP contribution in [0, 0.1) is 0 Å². The molecule has 0 bridgehead atoms. The zero-order chi connectivity index (χ0) is 18.3. The monoisotopic (exact) mass is 471 g/mol. The van der Waals surface area contributed by atoms with Crippen LogP contribution in [-0.2, 0) is 13.0 Å². The van der Waals surface area contributed by atoms with E-state index in [0.29, 0.717) is 6.61 Å². The number of hydrogen-bond donors (Lipinski definition) is 1. The minimum Gasteiger partial charge on any atom is -1.00 e. The molecule has 1 aromatic carbocycles. The maximum absolute atomic E-state index is 12.9. The van der Waals surface area contributed by atoms with Crippen molar-refractivity contribution in [3.63, 3.8) is 0 Å². The number of halogens is 2. The Morgan fingerprint density at radius 3 is 2.85 bits per heavy atom. The lowest BCUT2D eigenvalue weighted by atomic mass is 10.2. The summed E-state index contributed by atoms with van der Waals surface area (Å²) in [6, 6.07) is 3.98. The predicted octanol–water partition coefficient (Wildman–Crippen LogP) is -0.373. The summed E-state index contributed by atoms with van der Waals surface area (Å²) in [6.07, 6.45) is 1.89. The van der Waals surface area contributed by atoms with E-state index in [2.05, 4.69) is 29.8 Å². The van der Waals surface area contributed by atoms with Crippen molar-refractivity contribution < 1.29 is 22.0 Å². The van der Waals surface area contributed by atoms with Crippen molar-refractivity contribution in [1.82, 2.24) is 9.55 Å². The van der Waals surface area contributed by atoms with Crippen LogP contribution in [0.4, 0.5) is 0 Å². The van der Waals surface area contributed by atoms with E-state index in [-0.39, 0.29) is 18.0 Å². The van der Waals surface area contributed by atoms with Gasteiger partial charge in [-0.15, -0.1) is 11.3 Å². The van der Waals surface area contributed by atoms with Crippen molar-refractivity contribution in [3.05, 3.63) is 32.8 Å². The molecule has 5 nitrogen and oxygen atoms in total. The van der Waals surface area contributed by atoms with Crippen LogP contribution in [0.15, 0.2) is 21.4 Å². The summed E-state index contributed by atoms with van der Waals surface area (Å²) < 4.78 is 9.94. The van der Waals surface area contributed by atoms with E-state index in [4.69, 9.17) is 9.72 Å². The summed E-state index contributed by atoms with van der Waals surface area (Å²) >= 11 is 5.19. The second-order valence-electron chi connectivity index (χ2n) is 6.68. The third-order valence-electron chi connectivity index (χ3n) is 5.23. The fraction of sp³-hybridized carbons (Fsp3) is 0.474. The number of fused-ring (bicyclic) bond motifs is 4. The molecule has 3 heterocycles. The molecule has 3 aromatic rings. The molecule has 0 fully saturated rings. The molecule has 0 spiro atoms. The maximum atomic E-state index is 12.9. The van der Waals surface area contributed by atoms with E-state index >= 15 is 0 Å². The number of quaternary nitrogens is 1. The molecule has 0 unspecified atom stereocenters. The molecule has 0 amide bonds. The third kappa shape index (κ3) is 3.62. The first-order valence-corrected chi connectivity index (χ1v) is 10.9. The molecular formula is C19H23BrClN3O2S. The van der Waals surface area contributed by atoms with Gasteiger partial charge >= 0.3 is 0 Å². The van der Waals surface area contributed by atoms with Crippen LogP contribution in [0.1, 0.15) is 26.1 Å². The first kappa shape index (κ1) is 20.6. The zero-order valence-electron chi connectivity index (χ0n) is 15.5. The molecule has 27 heavy (non-hydrogen) atoms. The van der Waals surface area contributed by atoms with Gasteiger partial charge < -0.3 is 22.0 Å². The van der Waals surface area contributed by atoms with E-state index in [1.165, 1.54) is 4.90 Å². The van der Waals surface area contributed by atoms with Gasteiger partial charge in [0.05, 0.1) is 27.6 Å². The first-order valence-electron chi connectivity index (χ1n) is 9.24. The third-order valence-corrected chi connectivity index (χ3v) is 6.95. The van der Waals surface area contributed by atoms with Gasteiger partial charge in [0.2, 0.25) is 0 Å². The van der Waals surface area contributed by atoms with Crippen LogP contribution in [0.3, 0.4) is 0 Å². The molecule has 146 valence electrons. The van der Waals surface area contributed by atoms with Crippen molar-refractivity contribution >= 4 is 47.6 Å². The molecule has 4 rings (SSSR count). The molecule has 0 radical (unpaired) electrons. The van der Waals surface area contributed by atoms with E-state index in [1.54, 1.807) is 11.3 Å². The van der Waals surface area contributed by atoms with Crippen molar-refractivity contribution in [2.75, 3.05) is 26.2 Å². The molecule has 1 aliphatic rings. The van der Waals surface area contributed by atoms with Crippen LogP contribution >= 0.6 is 27.3 Å². The van der Waals surface area contributed by atoms with Crippen molar-refractivity contribution in [3.8, 4) is 5.75 Å². The Labute approximate surface area is 176 Å². The highest BCUT2D eigenvalue weighted by molar-refractivity contribution is 9.10. The quantitative estimate of drug-likeness (QED) is 0.532. The first-order chi connectivity index (χ1) is 12.6. The summed E-state index contributed by atoms with van der Waals surface area (Å²) in [7, 11) is 0. The minimum atomic E-state index is 0. The number of benzene rings is 1. The average Bonchev–Trinajstić information content (AvgIpc) is 3.25. The Balaban J connectivity index is 0.00000210. The molecule has 0 saturated heterocycles. The summed E-state index contributed by atoms with van der Waals surface area (Å²) in [5, 5.41) is 1.69. The zero-order valence-corrected chi connectivity index (χ0v) is 18.6. The van der Waals surface area contributed by atoms with Crippen LogP contribution in [0.2, 0.25) is 0 Å². The lowest BCUT2D eigenvalue weighted by Crippen LogP contribution is -3.12. The van der Waals surface area contributed by atoms with E-state index in [1.807, 2.05) is 16.7 Å². The minimum absolute atomic E-state index is 0. The van der Waals surface area contributed by atoms with Gasteiger partial charge in [0.25, 0.3) is 5.56 Å². The number of ether oxygens (including phenoxy) is 1. The standard InChI is InChI=1S/C19H22BrN3O2S.ClH/c1-3-22(4-2)10-11-25-16-13(20)8-7-12-15-18(26-17(12)16)21-14-6-5-9-23(14)19(15)24;/h7-8H,3-6,9-11H2,1-2H3;1H. The molecule has 2 aromatic heterocycles. The highest BCUT2D eigenvalue weighted by Crippen LogP contribution is 2.41. The fourth-order valence-corrected chi connectivity index (χ4v) is 5.43. The lowest BCUT2D eigenvalue weighted by Gasteiger charge is -2.16. The number of nitrogens with one attached hydrogen (secondary N) is 1. The molecular weight excluding hydrogens is 450 g/mol. The van der Waals surface area contributed by atoms with Gasteiger partial charge in [0, 0.05) is 18.4 Å². The van der Waals surface area contributed by atoms with Gasteiger partial charge in [0.1, 0.15) is 23.8 Å². The van der Waals surface area contributed by atoms with Gasteiger partial charge in [-0.25, -0.2) is 4.98 Å². The Bertz CT molecular complexity index is 1030. The van der Waals surface area contributed by atoms with E-state index < -0.39 is 0 Å². The molecule has 0 aliphatic carbocycles. The summed E-state index contributed by atoms with van der Waals surface area (Å²) in [4.78, 5) is 20.1. The SMILES string of the molecule is CC[NH+](CC)CCOc1c(Br)ccc2c1sc1nc3n(c(=O)c12)CCC3.[Cl-]. The van der Waals surface area contributed by atoms with Crippen molar-refractivity contribution in [2.45, 2.75) is 33.2 Å². The number of nitrogens with zero attached hydrogens (tertiary/aromatic N) is 2. The Morgan fingerprint density at radius 2 is 2.11 bits per heavy atom. The molecule has 8 heteroatoms. The second-order valence-corrected chi connectivity index (χ2v) is 8.53. The van der Waals surface area contributed by atoms with Gasteiger partial charge in [-0.1, -0.05) is 6.07 Å². The highest BCUT2D eigenvalue weighted by Gasteiger charge is 2.21. The Morgan fingerprint density at radius 1 is 1.33 bits per heavy atom. The van der Waals surface area contributed by atoms with Crippen LogP contribution < -0.4 is 27.6 Å². The summed E-state index contributed by atoms with van der Waals surface area (Å²) in [6.45, 7) is 8.99. The highest BCUT2D eigenvalue weighted by atomic mass is 79.9. The molecule has 0 atom stereocenters. The van der Waals surface area contributed by atoms with Crippen LogP contribution in [0.25, 0.3) is 20.3 Å². The van der Waals surface area contributed by atoms with E-state index in [9.17, 15) is 4.79 Å². The topological polar surface area (TPSA) is 48.6 Å². The number of hydrogen-bond acceptors (Lipinski definition) is 4. The number of aryl methyl sites for hydroxylation is 1. The normalized spacial score (nSPS) is 13.3. The summed E-state index contributed by atoms with van der Waals surface area (Å²) in [5.41, 5.74) is 0.0922. The number of aromatic nitrogens is 2. The predicted molar refractivity (Wildman–Crippen MR) is 110 cm³/mol. The molecule has 0 saturated carbocycles. The van der Waals surface area contributed by atoms with Crippen molar-refractivity contribution in [1.29, 1.82) is 0 Å². The van der Waals surface area contributed by atoms with Gasteiger partial charge in [-0.3, -0.25) is 9.36 Å². The fourth-order valence-electron chi connectivity index (χ4n) is 3.67. The largest absolute Gasteiger partial charge is 1.00 e. The molecule has 1 N–H and O–H groups in total. The smallest absolute Gasteiger partial charge is 0.262 e. The summed E-state index contributed by atoms with van der Waals surface area (Å²) in [5.74, 6) is 1.75. The second kappa shape index (κ2) is 8.47. The Hall–Kier alpha value is -1.15. The lowest BCUT2D eigenvalue weighted by molar-refractivity contribution is -0.896. The number of thiophene rings is 1. The van der Waals surface area contributed by atoms with Crippen LogP contribution in [-0.4, -0.2) is 35.8 Å². The number of likely N-dealkylation sites (N-methyl/N-ethyl adjacent to an activating group) is 1. The van der Waals surface area contributed by atoms with Crippen molar-refractivity contribution in [2.24, 2.45) is 0 Å². The van der Waals surface area contributed by atoms with Gasteiger partial charge in [-0.05, 0) is 42.3 Å². The maximum Gasteiger partial charge on any atom is 0.262 e. The Kier molecular flexibility index (Phi) is 6.46. The average molecular weight is 473 g/mol. The van der Waals surface area contributed by atoms with E-state index in [0.717, 1.165) is 75.4 Å². The van der Waals surface area contributed by atoms with Gasteiger partial charge in [-0.2, -0.15) is 0 Å². The van der Waals surface area contributed by atoms with Crippen LogP contribution in [0.5, 0.6) is 5.75 Å². The van der Waals surface area contributed by atoms with Gasteiger partial charge in [0.15, 0.2) is 5.75 Å². The number of rotatable bonds is 6.